The number of aryl methyl sites for hydroxylation is 2. The predicted molar refractivity (Wildman–Crippen MR) is 63.1 cm³/mol. The summed E-state index contributed by atoms with van der Waals surface area (Å²) in [6, 6.07) is 8.11. The molecule has 17 heavy (non-hydrogen) atoms. The highest BCUT2D eigenvalue weighted by Gasteiger charge is 2.20. The van der Waals surface area contributed by atoms with Crippen molar-refractivity contribution in [3.8, 4) is 5.69 Å². The number of hydrogen-bond acceptors (Lipinski definition) is 3. The summed E-state index contributed by atoms with van der Waals surface area (Å²) in [7, 11) is 0. The van der Waals surface area contributed by atoms with E-state index in [0.29, 0.717) is 5.95 Å². The zero-order chi connectivity index (χ0) is 11.8. The minimum absolute atomic E-state index is 0.136. The van der Waals surface area contributed by atoms with E-state index in [9.17, 15) is 4.79 Å². The fourth-order valence-corrected chi connectivity index (χ4v) is 2.16. The van der Waals surface area contributed by atoms with Gasteiger partial charge in [0.2, 0.25) is 11.9 Å². The Morgan fingerprint density at radius 3 is 2.94 bits per heavy atom. The molecular weight excluding hydrogens is 216 g/mol. The molecule has 0 fully saturated rings. The third kappa shape index (κ3) is 1.60. The van der Waals surface area contributed by atoms with Crippen molar-refractivity contribution >= 4 is 11.9 Å². The van der Waals surface area contributed by atoms with Crippen LogP contribution >= 0.6 is 0 Å². The average Bonchev–Trinajstić information content (AvgIpc) is 2.72. The molecule has 5 heteroatoms. The number of amides is 1. The molecule has 0 spiro atoms. The average molecular weight is 228 g/mol. The van der Waals surface area contributed by atoms with Crippen LogP contribution in [0.4, 0.5) is 5.95 Å². The van der Waals surface area contributed by atoms with Gasteiger partial charge < -0.3 is 0 Å². The Labute approximate surface area is 98.5 Å². The number of carbonyl (C=O) groups is 1. The highest BCUT2D eigenvalue weighted by atomic mass is 16.1. The van der Waals surface area contributed by atoms with Crippen LogP contribution in [0.2, 0.25) is 0 Å². The van der Waals surface area contributed by atoms with Crippen LogP contribution < -0.4 is 5.32 Å². The molecule has 0 aliphatic carbocycles. The SMILES string of the molecule is CC(=O)Nc1nnc2n1-c1ccccc1CC2. The summed E-state index contributed by atoms with van der Waals surface area (Å²) in [4.78, 5) is 11.1. The van der Waals surface area contributed by atoms with Gasteiger partial charge in [0, 0.05) is 13.3 Å². The Balaban J connectivity index is 2.15. The van der Waals surface area contributed by atoms with Gasteiger partial charge in [-0.2, -0.15) is 0 Å². The number of fused-ring (bicyclic) bond motifs is 3. The quantitative estimate of drug-likeness (QED) is 0.800. The maximum Gasteiger partial charge on any atom is 0.235 e. The monoisotopic (exact) mass is 228 g/mol. The zero-order valence-corrected chi connectivity index (χ0v) is 9.47. The number of benzene rings is 1. The van der Waals surface area contributed by atoms with Gasteiger partial charge in [-0.1, -0.05) is 18.2 Å². The molecule has 1 aromatic heterocycles. The standard InChI is InChI=1S/C12H12N4O/c1-8(17)13-12-15-14-11-7-6-9-4-2-3-5-10(9)16(11)12/h2-5H,6-7H2,1H3,(H,13,15,17). The molecule has 1 aliphatic heterocycles. The second kappa shape index (κ2) is 3.69. The first-order chi connectivity index (χ1) is 8.25. The van der Waals surface area contributed by atoms with Crippen LogP contribution in [0.5, 0.6) is 0 Å². The van der Waals surface area contributed by atoms with Gasteiger partial charge in [-0.3, -0.25) is 14.7 Å². The number of carbonyl (C=O) groups excluding carboxylic acids is 1. The minimum atomic E-state index is -0.136. The zero-order valence-electron chi connectivity index (χ0n) is 9.47. The molecule has 0 radical (unpaired) electrons. The number of para-hydroxylation sites is 1. The summed E-state index contributed by atoms with van der Waals surface area (Å²) in [6.45, 7) is 1.47. The molecule has 1 aromatic carbocycles. The van der Waals surface area contributed by atoms with Crippen molar-refractivity contribution in [3.63, 3.8) is 0 Å². The smallest absolute Gasteiger partial charge is 0.235 e. The van der Waals surface area contributed by atoms with Crippen LogP contribution in [-0.4, -0.2) is 20.7 Å². The van der Waals surface area contributed by atoms with Gasteiger partial charge >= 0.3 is 0 Å². The summed E-state index contributed by atoms with van der Waals surface area (Å²) >= 11 is 0. The highest BCUT2D eigenvalue weighted by Crippen LogP contribution is 2.26. The van der Waals surface area contributed by atoms with Crippen molar-refractivity contribution in [2.45, 2.75) is 19.8 Å². The second-order valence-electron chi connectivity index (χ2n) is 4.09. The Morgan fingerprint density at radius 2 is 2.12 bits per heavy atom. The second-order valence-corrected chi connectivity index (χ2v) is 4.09. The number of aromatic nitrogens is 3. The van der Waals surface area contributed by atoms with Crippen molar-refractivity contribution in [2.24, 2.45) is 0 Å². The van der Waals surface area contributed by atoms with Crippen LogP contribution in [0.25, 0.3) is 5.69 Å². The molecule has 2 heterocycles. The van der Waals surface area contributed by atoms with Crippen LogP contribution in [-0.2, 0) is 17.6 Å². The summed E-state index contributed by atoms with van der Waals surface area (Å²) in [5, 5.41) is 10.8. The number of nitrogens with one attached hydrogen (secondary N) is 1. The molecule has 1 N–H and O–H groups in total. The van der Waals surface area contributed by atoms with Crippen LogP contribution in [0, 0.1) is 0 Å². The van der Waals surface area contributed by atoms with Gasteiger partial charge in [-0.15, -0.1) is 10.2 Å². The molecule has 1 amide bonds. The number of anilines is 1. The van der Waals surface area contributed by atoms with E-state index in [1.807, 2.05) is 22.8 Å². The molecular formula is C12H12N4O. The van der Waals surface area contributed by atoms with E-state index >= 15 is 0 Å². The predicted octanol–water partition coefficient (Wildman–Crippen LogP) is 1.32. The summed E-state index contributed by atoms with van der Waals surface area (Å²) in [5.41, 5.74) is 2.31. The number of hydrogen-bond donors (Lipinski definition) is 1. The lowest BCUT2D eigenvalue weighted by Gasteiger charge is -2.18. The lowest BCUT2D eigenvalue weighted by molar-refractivity contribution is -0.114. The summed E-state index contributed by atoms with van der Waals surface area (Å²) < 4.78 is 1.92. The molecule has 3 rings (SSSR count). The van der Waals surface area contributed by atoms with E-state index in [1.54, 1.807) is 0 Å². The molecule has 0 unspecified atom stereocenters. The molecule has 5 nitrogen and oxygen atoms in total. The Morgan fingerprint density at radius 1 is 1.29 bits per heavy atom. The van der Waals surface area contributed by atoms with Crippen LogP contribution in [0.1, 0.15) is 18.3 Å². The van der Waals surface area contributed by atoms with Gasteiger partial charge in [-0.25, -0.2) is 0 Å². The topological polar surface area (TPSA) is 59.8 Å². The first-order valence-corrected chi connectivity index (χ1v) is 5.56. The first-order valence-electron chi connectivity index (χ1n) is 5.56. The van der Waals surface area contributed by atoms with Gasteiger partial charge in [0.1, 0.15) is 5.82 Å². The van der Waals surface area contributed by atoms with E-state index in [-0.39, 0.29) is 5.91 Å². The van der Waals surface area contributed by atoms with Crippen LogP contribution in [0.3, 0.4) is 0 Å². The number of rotatable bonds is 1. The Bertz CT molecular complexity index is 588. The maximum absolute atomic E-state index is 11.1. The highest BCUT2D eigenvalue weighted by molar-refractivity contribution is 5.87. The maximum atomic E-state index is 11.1. The van der Waals surface area contributed by atoms with Crippen molar-refractivity contribution in [1.29, 1.82) is 0 Å². The minimum Gasteiger partial charge on any atom is -0.295 e. The van der Waals surface area contributed by atoms with Crippen LogP contribution in [0.15, 0.2) is 24.3 Å². The van der Waals surface area contributed by atoms with E-state index in [2.05, 4.69) is 21.6 Å². The molecule has 1 aliphatic rings. The largest absolute Gasteiger partial charge is 0.295 e. The summed E-state index contributed by atoms with van der Waals surface area (Å²) in [5.74, 6) is 1.26. The number of nitrogens with zero attached hydrogens (tertiary/aromatic N) is 3. The van der Waals surface area contributed by atoms with Crippen molar-refractivity contribution in [2.75, 3.05) is 5.32 Å². The van der Waals surface area contributed by atoms with Gasteiger partial charge in [0.15, 0.2) is 0 Å². The van der Waals surface area contributed by atoms with E-state index < -0.39 is 0 Å². The van der Waals surface area contributed by atoms with E-state index in [0.717, 1.165) is 24.4 Å². The third-order valence-electron chi connectivity index (χ3n) is 2.87. The third-order valence-corrected chi connectivity index (χ3v) is 2.87. The normalized spacial score (nSPS) is 12.8. The molecule has 0 bridgehead atoms. The Hall–Kier alpha value is -2.17. The molecule has 2 aromatic rings. The lowest BCUT2D eigenvalue weighted by atomic mass is 10.0. The van der Waals surface area contributed by atoms with Crippen molar-refractivity contribution in [1.82, 2.24) is 14.8 Å². The van der Waals surface area contributed by atoms with E-state index in [1.165, 1.54) is 12.5 Å². The van der Waals surface area contributed by atoms with Gasteiger partial charge in [0.05, 0.1) is 5.69 Å². The Kier molecular flexibility index (Phi) is 2.18. The fraction of sp³-hybridized carbons (Fsp3) is 0.250. The molecule has 0 saturated carbocycles. The van der Waals surface area contributed by atoms with Crippen molar-refractivity contribution < 1.29 is 4.79 Å². The van der Waals surface area contributed by atoms with Gasteiger partial charge in [-0.05, 0) is 18.1 Å². The first kappa shape index (κ1) is 10.0. The fourth-order valence-electron chi connectivity index (χ4n) is 2.16. The van der Waals surface area contributed by atoms with E-state index in [4.69, 9.17) is 0 Å². The molecule has 0 atom stereocenters. The van der Waals surface area contributed by atoms with Crippen molar-refractivity contribution in [3.05, 3.63) is 35.7 Å². The van der Waals surface area contributed by atoms with Gasteiger partial charge in [0.25, 0.3) is 0 Å². The molecule has 0 saturated heterocycles. The molecule has 86 valence electrons. The lowest BCUT2D eigenvalue weighted by Crippen LogP contribution is -2.16. The summed E-state index contributed by atoms with van der Waals surface area (Å²) in [6.07, 6.45) is 1.82.